The van der Waals surface area contributed by atoms with Gasteiger partial charge in [-0.2, -0.15) is 5.26 Å². The van der Waals surface area contributed by atoms with Crippen LogP contribution < -0.4 is 0 Å². The molecule has 1 saturated carbocycles. The summed E-state index contributed by atoms with van der Waals surface area (Å²) in [6.07, 6.45) is 5.30. The van der Waals surface area contributed by atoms with Crippen LogP contribution in [0.15, 0.2) is 24.3 Å². The lowest BCUT2D eigenvalue weighted by atomic mass is 9.81. The van der Waals surface area contributed by atoms with Crippen molar-refractivity contribution in [1.82, 2.24) is 0 Å². The number of rotatable bonds is 2. The topological polar surface area (TPSA) is 23.8 Å². The lowest BCUT2D eigenvalue weighted by Gasteiger charge is -2.19. The summed E-state index contributed by atoms with van der Waals surface area (Å²) in [5, 5.41) is 10.0. The molecular weight excluding hydrogens is 206 g/mol. The van der Waals surface area contributed by atoms with Gasteiger partial charge in [-0.25, -0.2) is 0 Å². The van der Waals surface area contributed by atoms with Gasteiger partial charge in [0.25, 0.3) is 0 Å². The summed E-state index contributed by atoms with van der Waals surface area (Å²) in [7, 11) is 0. The van der Waals surface area contributed by atoms with E-state index in [0.29, 0.717) is 0 Å². The van der Waals surface area contributed by atoms with Gasteiger partial charge in [0.05, 0.1) is 11.5 Å². The molecule has 1 aliphatic carbocycles. The first-order chi connectivity index (χ1) is 7.24. The van der Waals surface area contributed by atoms with E-state index in [9.17, 15) is 5.26 Å². The van der Waals surface area contributed by atoms with Crippen LogP contribution in [0.1, 0.15) is 31.2 Å². The van der Waals surface area contributed by atoms with Crippen molar-refractivity contribution in [3.63, 3.8) is 0 Å². The average molecular weight is 220 g/mol. The monoisotopic (exact) mass is 219 g/mol. The highest BCUT2D eigenvalue weighted by atomic mass is 35.5. The lowest BCUT2D eigenvalue weighted by molar-refractivity contribution is 0.408. The second kappa shape index (κ2) is 4.24. The highest BCUT2D eigenvalue weighted by molar-refractivity contribution is 6.30. The van der Waals surface area contributed by atoms with Gasteiger partial charge in [-0.1, -0.05) is 36.6 Å². The molecule has 0 N–H and O–H groups in total. The van der Waals surface area contributed by atoms with Crippen molar-refractivity contribution in [2.24, 2.45) is 5.41 Å². The Morgan fingerprint density at radius 3 is 2.67 bits per heavy atom. The first-order valence-corrected chi connectivity index (χ1v) is 5.78. The fourth-order valence-electron chi connectivity index (χ4n) is 2.42. The van der Waals surface area contributed by atoms with E-state index in [1.165, 1.54) is 18.4 Å². The number of hydrogen-bond acceptors (Lipinski definition) is 1. The Hall–Kier alpha value is -1.00. The van der Waals surface area contributed by atoms with Crippen LogP contribution in [0.5, 0.6) is 0 Å². The molecule has 1 fully saturated rings. The fourth-order valence-corrected chi connectivity index (χ4v) is 2.63. The van der Waals surface area contributed by atoms with Gasteiger partial charge in [-0.3, -0.25) is 0 Å². The first-order valence-electron chi connectivity index (χ1n) is 5.40. The molecule has 1 aliphatic rings. The van der Waals surface area contributed by atoms with Crippen molar-refractivity contribution >= 4 is 11.6 Å². The first kappa shape index (κ1) is 10.5. The summed E-state index contributed by atoms with van der Waals surface area (Å²) in [6, 6.07) is 10.4. The summed E-state index contributed by atoms with van der Waals surface area (Å²) in [5.41, 5.74) is 1.07. The highest BCUT2D eigenvalue weighted by Gasteiger charge is 2.33. The fraction of sp³-hybridized carbons (Fsp3) is 0.462. The minimum absolute atomic E-state index is 0.120. The van der Waals surface area contributed by atoms with Crippen molar-refractivity contribution in [2.75, 3.05) is 0 Å². The van der Waals surface area contributed by atoms with E-state index in [0.717, 1.165) is 24.3 Å². The van der Waals surface area contributed by atoms with Gasteiger partial charge in [-0.15, -0.1) is 0 Å². The van der Waals surface area contributed by atoms with Crippen molar-refractivity contribution < 1.29 is 0 Å². The third-order valence-electron chi connectivity index (χ3n) is 3.23. The Kier molecular flexibility index (Phi) is 2.98. The second-order valence-electron chi connectivity index (χ2n) is 4.41. The van der Waals surface area contributed by atoms with E-state index in [1.54, 1.807) is 0 Å². The SMILES string of the molecule is N#CC1(Cc2cccc(Cl)c2)CCCC1. The van der Waals surface area contributed by atoms with Gasteiger partial charge >= 0.3 is 0 Å². The van der Waals surface area contributed by atoms with Gasteiger partial charge in [0.2, 0.25) is 0 Å². The zero-order valence-electron chi connectivity index (χ0n) is 8.67. The molecule has 1 nitrogen and oxygen atoms in total. The maximum absolute atomic E-state index is 9.26. The number of nitrogens with zero attached hydrogens (tertiary/aromatic N) is 1. The van der Waals surface area contributed by atoms with Gasteiger partial charge in [0.15, 0.2) is 0 Å². The molecule has 0 atom stereocenters. The Labute approximate surface area is 95.7 Å². The van der Waals surface area contributed by atoms with Crippen LogP contribution in [0, 0.1) is 16.7 Å². The van der Waals surface area contributed by atoms with Crippen LogP contribution in [-0.4, -0.2) is 0 Å². The summed E-state index contributed by atoms with van der Waals surface area (Å²) >= 11 is 5.94. The van der Waals surface area contributed by atoms with Gasteiger partial charge < -0.3 is 0 Å². The quantitative estimate of drug-likeness (QED) is 0.739. The Bertz CT molecular complexity index is 386. The maximum atomic E-state index is 9.26. The molecule has 0 spiro atoms. The Morgan fingerprint density at radius 2 is 2.07 bits per heavy atom. The van der Waals surface area contributed by atoms with Gasteiger partial charge in [-0.05, 0) is 37.0 Å². The van der Waals surface area contributed by atoms with E-state index in [1.807, 2.05) is 18.2 Å². The van der Waals surface area contributed by atoms with Crippen molar-refractivity contribution in [2.45, 2.75) is 32.1 Å². The molecule has 1 aromatic carbocycles. The van der Waals surface area contributed by atoms with Crippen LogP contribution in [0.2, 0.25) is 5.02 Å². The molecule has 0 bridgehead atoms. The molecule has 15 heavy (non-hydrogen) atoms. The van der Waals surface area contributed by atoms with E-state index in [4.69, 9.17) is 11.6 Å². The zero-order valence-corrected chi connectivity index (χ0v) is 9.43. The minimum atomic E-state index is -0.120. The molecule has 0 radical (unpaired) electrons. The van der Waals surface area contributed by atoms with E-state index < -0.39 is 0 Å². The van der Waals surface area contributed by atoms with E-state index >= 15 is 0 Å². The molecule has 78 valence electrons. The van der Waals surface area contributed by atoms with Crippen molar-refractivity contribution in [1.29, 1.82) is 5.26 Å². The third-order valence-corrected chi connectivity index (χ3v) is 3.46. The molecule has 0 aromatic heterocycles. The maximum Gasteiger partial charge on any atom is 0.0693 e. The normalized spacial score (nSPS) is 18.7. The molecule has 1 aromatic rings. The molecule has 0 saturated heterocycles. The number of halogens is 1. The summed E-state index contributed by atoms with van der Waals surface area (Å²) < 4.78 is 0. The van der Waals surface area contributed by atoms with Crippen molar-refractivity contribution in [3.8, 4) is 6.07 Å². The zero-order chi connectivity index (χ0) is 10.7. The lowest BCUT2D eigenvalue weighted by Crippen LogP contribution is -2.16. The Morgan fingerprint density at radius 1 is 1.33 bits per heavy atom. The third kappa shape index (κ3) is 2.33. The molecule has 0 unspecified atom stereocenters. The molecular formula is C13H14ClN. The summed E-state index contributed by atoms with van der Waals surface area (Å²) in [6.45, 7) is 0. The predicted octanol–water partition coefficient (Wildman–Crippen LogP) is 3.97. The van der Waals surface area contributed by atoms with Crippen LogP contribution >= 0.6 is 11.6 Å². The molecule has 0 heterocycles. The molecule has 2 rings (SSSR count). The second-order valence-corrected chi connectivity index (χ2v) is 4.84. The predicted molar refractivity (Wildman–Crippen MR) is 61.7 cm³/mol. The summed E-state index contributed by atoms with van der Waals surface area (Å²) in [4.78, 5) is 0. The highest BCUT2D eigenvalue weighted by Crippen LogP contribution is 2.40. The number of benzene rings is 1. The largest absolute Gasteiger partial charge is 0.198 e. The number of hydrogen-bond donors (Lipinski definition) is 0. The van der Waals surface area contributed by atoms with Crippen LogP contribution in [0.25, 0.3) is 0 Å². The Balaban J connectivity index is 2.17. The molecule has 0 amide bonds. The standard InChI is InChI=1S/C13H14ClN/c14-12-5-3-4-11(8-12)9-13(10-15)6-1-2-7-13/h3-5,8H,1-2,6-7,9H2. The van der Waals surface area contributed by atoms with Gasteiger partial charge in [0, 0.05) is 5.02 Å². The van der Waals surface area contributed by atoms with Crippen LogP contribution in [-0.2, 0) is 6.42 Å². The van der Waals surface area contributed by atoms with Crippen LogP contribution in [0.3, 0.4) is 0 Å². The smallest absolute Gasteiger partial charge is 0.0693 e. The average Bonchev–Trinajstić information content (AvgIpc) is 2.67. The van der Waals surface area contributed by atoms with Crippen molar-refractivity contribution in [3.05, 3.63) is 34.9 Å². The van der Waals surface area contributed by atoms with Gasteiger partial charge in [0.1, 0.15) is 0 Å². The van der Waals surface area contributed by atoms with Crippen LogP contribution in [0.4, 0.5) is 0 Å². The minimum Gasteiger partial charge on any atom is -0.198 e. The summed E-state index contributed by atoms with van der Waals surface area (Å²) in [5.74, 6) is 0. The van der Waals surface area contributed by atoms with E-state index in [2.05, 4.69) is 12.1 Å². The molecule has 0 aliphatic heterocycles. The number of nitriles is 1. The molecule has 2 heteroatoms. The van der Waals surface area contributed by atoms with E-state index in [-0.39, 0.29) is 5.41 Å².